The van der Waals surface area contributed by atoms with Crippen LogP contribution < -0.4 is 0 Å². The SMILES string of the molecule is CC.C[B]C(C)(C)CC.c1ncncn1. The fourth-order valence-electron chi connectivity index (χ4n) is 0.409. The van der Waals surface area contributed by atoms with Gasteiger partial charge < -0.3 is 0 Å². The molecule has 0 aromatic carbocycles. The minimum atomic E-state index is 0.458. The molecule has 0 aliphatic rings. The summed E-state index contributed by atoms with van der Waals surface area (Å²) in [6, 6.07) is 0. The molecule has 1 aromatic rings. The summed E-state index contributed by atoms with van der Waals surface area (Å²) in [5, 5.41) is 0.458. The Hall–Kier alpha value is -0.925. The van der Waals surface area contributed by atoms with Crippen molar-refractivity contribution in [3.05, 3.63) is 19.0 Å². The zero-order valence-corrected chi connectivity index (χ0v) is 10.9. The Morgan fingerprint density at radius 3 is 1.40 bits per heavy atom. The number of aromatic nitrogens is 3. The minimum Gasteiger partial charge on any atom is -0.225 e. The molecule has 0 amide bonds. The number of hydrogen-bond donors (Lipinski definition) is 0. The molecule has 0 fully saturated rings. The van der Waals surface area contributed by atoms with Gasteiger partial charge in [0.05, 0.1) is 0 Å². The largest absolute Gasteiger partial charge is 0.225 e. The lowest BCUT2D eigenvalue weighted by atomic mass is 9.55. The van der Waals surface area contributed by atoms with E-state index in [0.29, 0.717) is 5.31 Å². The van der Waals surface area contributed by atoms with E-state index in [1.54, 1.807) is 0 Å². The van der Waals surface area contributed by atoms with Crippen molar-refractivity contribution in [3.8, 4) is 0 Å². The first-order chi connectivity index (χ1) is 7.12. The van der Waals surface area contributed by atoms with E-state index in [1.807, 2.05) is 13.8 Å². The molecule has 0 saturated heterocycles. The predicted octanol–water partition coefficient (Wildman–Crippen LogP) is 3.25. The Labute approximate surface area is 95.0 Å². The van der Waals surface area contributed by atoms with E-state index in [9.17, 15) is 0 Å². The molecule has 85 valence electrons. The molecule has 0 aliphatic heterocycles. The summed E-state index contributed by atoms with van der Waals surface area (Å²) < 4.78 is 0. The fraction of sp³-hybridized carbons (Fsp3) is 0.727. The van der Waals surface area contributed by atoms with E-state index in [2.05, 4.69) is 49.8 Å². The second-order valence-corrected chi connectivity index (χ2v) is 3.42. The lowest BCUT2D eigenvalue weighted by Crippen LogP contribution is -2.06. The van der Waals surface area contributed by atoms with Gasteiger partial charge in [0.1, 0.15) is 26.3 Å². The van der Waals surface area contributed by atoms with E-state index in [4.69, 9.17) is 0 Å². The van der Waals surface area contributed by atoms with E-state index < -0.39 is 0 Å². The fourth-order valence-corrected chi connectivity index (χ4v) is 0.409. The third-order valence-electron chi connectivity index (χ3n) is 2.09. The second-order valence-electron chi connectivity index (χ2n) is 3.42. The van der Waals surface area contributed by atoms with Crippen LogP contribution in [0.4, 0.5) is 0 Å². The van der Waals surface area contributed by atoms with Crippen LogP contribution in [0.5, 0.6) is 0 Å². The maximum Gasteiger partial charge on any atom is 0.119 e. The molecule has 0 aliphatic carbocycles. The van der Waals surface area contributed by atoms with Crippen LogP contribution >= 0.6 is 0 Å². The molecule has 15 heavy (non-hydrogen) atoms. The van der Waals surface area contributed by atoms with Crippen LogP contribution in [-0.2, 0) is 0 Å². The zero-order chi connectivity index (χ0) is 12.2. The summed E-state index contributed by atoms with van der Waals surface area (Å²) in [5.41, 5.74) is 0. The standard InChI is InChI=1S/C6H14B.C3H3N3.C2H6/c1-5-6(2,3)7-4;1-4-2-6-3-5-1;1-2/h5H2,1-4H3;1-3H;1-2H3. The van der Waals surface area contributed by atoms with Gasteiger partial charge in [0, 0.05) is 0 Å². The lowest BCUT2D eigenvalue weighted by Gasteiger charge is -2.17. The highest BCUT2D eigenvalue weighted by Crippen LogP contribution is 2.25. The highest BCUT2D eigenvalue weighted by atomic mass is 14.9. The molecular formula is C11H23BN3. The van der Waals surface area contributed by atoms with Gasteiger partial charge in [-0.15, -0.1) is 0 Å². The summed E-state index contributed by atoms with van der Waals surface area (Å²) in [6.45, 7) is 12.8. The number of hydrogen-bond acceptors (Lipinski definition) is 3. The van der Waals surface area contributed by atoms with Crippen molar-refractivity contribution >= 4 is 7.28 Å². The van der Waals surface area contributed by atoms with Crippen LogP contribution in [0.1, 0.15) is 41.0 Å². The molecular weight excluding hydrogens is 185 g/mol. The van der Waals surface area contributed by atoms with Gasteiger partial charge in [0.2, 0.25) is 0 Å². The van der Waals surface area contributed by atoms with Crippen LogP contribution in [0.3, 0.4) is 0 Å². The normalized spacial score (nSPS) is 8.93. The van der Waals surface area contributed by atoms with Crippen LogP contribution in [0, 0.1) is 0 Å². The summed E-state index contributed by atoms with van der Waals surface area (Å²) in [6.07, 6.45) is 5.55. The molecule has 0 N–H and O–H groups in total. The van der Waals surface area contributed by atoms with Gasteiger partial charge in [-0.1, -0.05) is 53.2 Å². The maximum atomic E-state index is 3.56. The Kier molecular flexibility index (Phi) is 12.3. The average molecular weight is 208 g/mol. The van der Waals surface area contributed by atoms with E-state index in [1.165, 1.54) is 25.4 Å². The third-order valence-corrected chi connectivity index (χ3v) is 2.09. The van der Waals surface area contributed by atoms with Crippen LogP contribution in [0.25, 0.3) is 0 Å². The van der Waals surface area contributed by atoms with Gasteiger partial charge >= 0.3 is 0 Å². The Balaban J connectivity index is 0. The van der Waals surface area contributed by atoms with Gasteiger partial charge in [0.15, 0.2) is 0 Å². The highest BCUT2D eigenvalue weighted by Gasteiger charge is 2.10. The van der Waals surface area contributed by atoms with Gasteiger partial charge in [0.25, 0.3) is 0 Å². The molecule has 0 spiro atoms. The minimum absolute atomic E-state index is 0.458. The molecule has 1 aromatic heterocycles. The van der Waals surface area contributed by atoms with Crippen molar-refractivity contribution < 1.29 is 0 Å². The Morgan fingerprint density at radius 1 is 1.00 bits per heavy atom. The first-order valence-electron chi connectivity index (χ1n) is 5.48. The average Bonchev–Trinajstić information content (AvgIpc) is 2.35. The van der Waals surface area contributed by atoms with Crippen molar-refractivity contribution in [1.82, 2.24) is 15.0 Å². The van der Waals surface area contributed by atoms with Crippen molar-refractivity contribution in [3.63, 3.8) is 0 Å². The monoisotopic (exact) mass is 208 g/mol. The van der Waals surface area contributed by atoms with E-state index >= 15 is 0 Å². The predicted molar refractivity (Wildman–Crippen MR) is 67.1 cm³/mol. The molecule has 1 radical (unpaired) electrons. The van der Waals surface area contributed by atoms with Crippen LogP contribution in [0.2, 0.25) is 12.1 Å². The molecule has 0 bridgehead atoms. The topological polar surface area (TPSA) is 38.7 Å². The Morgan fingerprint density at radius 2 is 1.33 bits per heavy atom. The summed E-state index contributed by atoms with van der Waals surface area (Å²) in [5.74, 6) is 0. The van der Waals surface area contributed by atoms with E-state index in [0.717, 1.165) is 0 Å². The molecule has 3 nitrogen and oxygen atoms in total. The molecule has 0 unspecified atom stereocenters. The van der Waals surface area contributed by atoms with Crippen molar-refractivity contribution in [2.45, 2.75) is 53.2 Å². The first-order valence-corrected chi connectivity index (χ1v) is 5.48. The molecule has 1 heterocycles. The molecule has 0 atom stereocenters. The molecule has 4 heteroatoms. The zero-order valence-electron chi connectivity index (χ0n) is 10.9. The second kappa shape index (κ2) is 11.2. The van der Waals surface area contributed by atoms with Crippen molar-refractivity contribution in [2.75, 3.05) is 0 Å². The van der Waals surface area contributed by atoms with Crippen LogP contribution in [-0.4, -0.2) is 22.2 Å². The first kappa shape index (κ1) is 16.5. The number of nitrogens with zero attached hydrogens (tertiary/aromatic N) is 3. The van der Waals surface area contributed by atoms with Crippen LogP contribution in [0.15, 0.2) is 19.0 Å². The molecule has 1 rings (SSSR count). The van der Waals surface area contributed by atoms with Gasteiger partial charge in [-0.05, 0) is 0 Å². The van der Waals surface area contributed by atoms with Crippen molar-refractivity contribution in [2.24, 2.45) is 0 Å². The van der Waals surface area contributed by atoms with Gasteiger partial charge in [-0.2, -0.15) is 0 Å². The Bertz CT molecular complexity index is 170. The number of rotatable bonds is 2. The molecule has 0 saturated carbocycles. The summed E-state index contributed by atoms with van der Waals surface area (Å²) in [7, 11) is 2.24. The quantitative estimate of drug-likeness (QED) is 0.700. The van der Waals surface area contributed by atoms with E-state index in [-0.39, 0.29) is 0 Å². The smallest absolute Gasteiger partial charge is 0.119 e. The summed E-state index contributed by atoms with van der Waals surface area (Å²) in [4.78, 5) is 10.7. The maximum absolute atomic E-state index is 3.56. The van der Waals surface area contributed by atoms with Gasteiger partial charge in [-0.3, -0.25) is 0 Å². The third kappa shape index (κ3) is 13.1. The van der Waals surface area contributed by atoms with Crippen molar-refractivity contribution in [1.29, 1.82) is 0 Å². The lowest BCUT2D eigenvalue weighted by molar-refractivity contribution is 0.645. The van der Waals surface area contributed by atoms with Gasteiger partial charge in [-0.25, -0.2) is 15.0 Å². The summed E-state index contributed by atoms with van der Waals surface area (Å²) >= 11 is 0. The highest BCUT2D eigenvalue weighted by molar-refractivity contribution is 6.37.